The summed E-state index contributed by atoms with van der Waals surface area (Å²) in [4.78, 5) is 18.8. The Hall–Kier alpha value is -3.02. The van der Waals surface area contributed by atoms with E-state index in [-0.39, 0.29) is 11.8 Å². The predicted octanol–water partition coefficient (Wildman–Crippen LogP) is 3.71. The number of amides is 1. The molecule has 1 aromatic carbocycles. The first kappa shape index (κ1) is 17.4. The fraction of sp³-hybridized carbons (Fsp3) is 0.333. The Morgan fingerprint density at radius 3 is 2.63 bits per heavy atom. The molecule has 1 amide bonds. The average Bonchev–Trinajstić information content (AvgIpc) is 3.40. The highest BCUT2D eigenvalue weighted by Gasteiger charge is 2.22. The number of benzene rings is 1. The van der Waals surface area contributed by atoms with Crippen LogP contribution in [0.15, 0.2) is 52.9 Å². The van der Waals surface area contributed by atoms with Gasteiger partial charge in [0.2, 0.25) is 5.89 Å². The molecule has 0 spiro atoms. The SMILES string of the molecule is CC(Cc1ccccc1)c1nnc(-c2cccc(C(=O)N3CCCC3)n2)o1. The van der Waals surface area contributed by atoms with Crippen LogP contribution in [0.3, 0.4) is 0 Å². The lowest BCUT2D eigenvalue weighted by Crippen LogP contribution is -2.28. The van der Waals surface area contributed by atoms with Gasteiger partial charge in [0.25, 0.3) is 11.8 Å². The molecule has 3 aromatic rings. The molecule has 1 unspecified atom stereocenters. The Bertz CT molecular complexity index is 917. The third kappa shape index (κ3) is 3.89. The summed E-state index contributed by atoms with van der Waals surface area (Å²) in [6, 6.07) is 15.6. The number of hydrogen-bond acceptors (Lipinski definition) is 5. The first-order chi connectivity index (χ1) is 13.2. The van der Waals surface area contributed by atoms with E-state index in [1.165, 1.54) is 5.56 Å². The summed E-state index contributed by atoms with van der Waals surface area (Å²) < 4.78 is 5.85. The molecule has 3 heterocycles. The highest BCUT2D eigenvalue weighted by Crippen LogP contribution is 2.23. The Morgan fingerprint density at radius 1 is 1.07 bits per heavy atom. The first-order valence-electron chi connectivity index (χ1n) is 9.35. The van der Waals surface area contributed by atoms with Crippen LogP contribution in [0.1, 0.15) is 47.6 Å². The highest BCUT2D eigenvalue weighted by atomic mass is 16.4. The molecule has 6 heteroatoms. The molecule has 1 atom stereocenters. The molecule has 6 nitrogen and oxygen atoms in total. The number of carbonyl (C=O) groups is 1. The predicted molar refractivity (Wildman–Crippen MR) is 101 cm³/mol. The van der Waals surface area contributed by atoms with E-state index in [9.17, 15) is 4.79 Å². The van der Waals surface area contributed by atoms with E-state index < -0.39 is 0 Å². The molecular weight excluding hydrogens is 340 g/mol. The summed E-state index contributed by atoms with van der Waals surface area (Å²) in [5.41, 5.74) is 2.18. The van der Waals surface area contributed by atoms with Crippen LogP contribution in [0.2, 0.25) is 0 Å². The molecule has 1 aliphatic heterocycles. The van der Waals surface area contributed by atoms with Gasteiger partial charge in [0.05, 0.1) is 0 Å². The normalized spacial score (nSPS) is 15.1. The molecule has 1 saturated heterocycles. The lowest BCUT2D eigenvalue weighted by molar-refractivity contribution is 0.0787. The summed E-state index contributed by atoms with van der Waals surface area (Å²) in [6.45, 7) is 3.66. The molecule has 138 valence electrons. The molecule has 0 aliphatic carbocycles. The molecule has 0 N–H and O–H groups in total. The zero-order valence-electron chi connectivity index (χ0n) is 15.3. The van der Waals surface area contributed by atoms with Gasteiger partial charge in [0, 0.05) is 19.0 Å². The van der Waals surface area contributed by atoms with Crippen molar-refractivity contribution in [3.8, 4) is 11.6 Å². The van der Waals surface area contributed by atoms with Crippen molar-refractivity contribution in [2.45, 2.75) is 32.1 Å². The van der Waals surface area contributed by atoms with Crippen LogP contribution in [0.25, 0.3) is 11.6 Å². The van der Waals surface area contributed by atoms with Crippen LogP contribution in [0.5, 0.6) is 0 Å². The van der Waals surface area contributed by atoms with Crippen molar-refractivity contribution >= 4 is 5.91 Å². The van der Waals surface area contributed by atoms with Crippen LogP contribution in [0, 0.1) is 0 Å². The standard InChI is InChI=1S/C21H22N4O2/c1-15(14-16-8-3-2-4-9-16)19-23-24-20(27-19)17-10-7-11-18(22-17)21(26)25-12-5-6-13-25/h2-4,7-11,15H,5-6,12-14H2,1H3. The number of nitrogens with zero attached hydrogens (tertiary/aromatic N) is 4. The number of hydrogen-bond donors (Lipinski definition) is 0. The number of carbonyl (C=O) groups excluding carboxylic acids is 1. The molecule has 0 bridgehead atoms. The fourth-order valence-electron chi connectivity index (χ4n) is 3.35. The maximum atomic E-state index is 12.5. The maximum absolute atomic E-state index is 12.5. The van der Waals surface area contributed by atoms with Crippen LogP contribution in [-0.4, -0.2) is 39.1 Å². The summed E-state index contributed by atoms with van der Waals surface area (Å²) >= 11 is 0. The Labute approximate surface area is 158 Å². The number of likely N-dealkylation sites (tertiary alicyclic amines) is 1. The molecule has 4 rings (SSSR count). The van der Waals surface area contributed by atoms with Gasteiger partial charge in [-0.3, -0.25) is 4.79 Å². The monoisotopic (exact) mass is 362 g/mol. The van der Waals surface area contributed by atoms with Crippen LogP contribution in [0.4, 0.5) is 0 Å². The van der Waals surface area contributed by atoms with Gasteiger partial charge in [-0.25, -0.2) is 4.98 Å². The number of aromatic nitrogens is 3. The van der Waals surface area contributed by atoms with Gasteiger partial charge in [0.1, 0.15) is 11.4 Å². The molecular formula is C21H22N4O2. The van der Waals surface area contributed by atoms with Crippen molar-refractivity contribution in [1.82, 2.24) is 20.1 Å². The molecule has 0 radical (unpaired) electrons. The van der Waals surface area contributed by atoms with Crippen molar-refractivity contribution in [2.24, 2.45) is 0 Å². The first-order valence-corrected chi connectivity index (χ1v) is 9.35. The number of rotatable bonds is 5. The Kier molecular flexibility index (Phi) is 4.96. The van der Waals surface area contributed by atoms with Gasteiger partial charge in [-0.05, 0) is 37.0 Å². The van der Waals surface area contributed by atoms with E-state index in [2.05, 4.69) is 34.2 Å². The van der Waals surface area contributed by atoms with Gasteiger partial charge in [0.15, 0.2) is 0 Å². The van der Waals surface area contributed by atoms with Crippen molar-refractivity contribution in [2.75, 3.05) is 13.1 Å². The lowest BCUT2D eigenvalue weighted by atomic mass is 10.0. The average molecular weight is 362 g/mol. The van der Waals surface area contributed by atoms with Crippen molar-refractivity contribution in [3.05, 3.63) is 65.7 Å². The van der Waals surface area contributed by atoms with E-state index in [1.54, 1.807) is 12.1 Å². The van der Waals surface area contributed by atoms with Gasteiger partial charge < -0.3 is 9.32 Å². The van der Waals surface area contributed by atoms with E-state index in [0.29, 0.717) is 23.2 Å². The number of pyridine rings is 1. The van der Waals surface area contributed by atoms with Crippen LogP contribution < -0.4 is 0 Å². The van der Waals surface area contributed by atoms with Crippen molar-refractivity contribution in [3.63, 3.8) is 0 Å². The summed E-state index contributed by atoms with van der Waals surface area (Å²) in [5, 5.41) is 8.33. The summed E-state index contributed by atoms with van der Waals surface area (Å²) in [6.07, 6.45) is 2.93. The smallest absolute Gasteiger partial charge is 0.272 e. The maximum Gasteiger partial charge on any atom is 0.272 e. The summed E-state index contributed by atoms with van der Waals surface area (Å²) in [7, 11) is 0. The molecule has 0 saturated carbocycles. The molecule has 27 heavy (non-hydrogen) atoms. The third-order valence-electron chi connectivity index (χ3n) is 4.83. The second-order valence-corrected chi connectivity index (χ2v) is 6.94. The van der Waals surface area contributed by atoms with E-state index in [1.807, 2.05) is 29.2 Å². The minimum absolute atomic E-state index is 0.0356. The van der Waals surface area contributed by atoms with Gasteiger partial charge in [-0.15, -0.1) is 10.2 Å². The Balaban J connectivity index is 1.51. The van der Waals surface area contributed by atoms with Gasteiger partial charge in [-0.2, -0.15) is 0 Å². The second-order valence-electron chi connectivity index (χ2n) is 6.94. The largest absolute Gasteiger partial charge is 0.419 e. The van der Waals surface area contributed by atoms with Crippen LogP contribution >= 0.6 is 0 Å². The molecule has 2 aromatic heterocycles. The quantitative estimate of drug-likeness (QED) is 0.692. The Morgan fingerprint density at radius 2 is 1.85 bits per heavy atom. The topological polar surface area (TPSA) is 72.1 Å². The zero-order chi connectivity index (χ0) is 18.6. The molecule has 1 aliphatic rings. The fourth-order valence-corrected chi connectivity index (χ4v) is 3.35. The highest BCUT2D eigenvalue weighted by molar-refractivity contribution is 5.92. The van der Waals surface area contributed by atoms with Gasteiger partial charge in [-0.1, -0.05) is 43.3 Å². The van der Waals surface area contributed by atoms with Crippen molar-refractivity contribution < 1.29 is 9.21 Å². The van der Waals surface area contributed by atoms with E-state index >= 15 is 0 Å². The molecule has 1 fully saturated rings. The van der Waals surface area contributed by atoms with E-state index in [0.717, 1.165) is 32.4 Å². The van der Waals surface area contributed by atoms with Gasteiger partial charge >= 0.3 is 0 Å². The zero-order valence-corrected chi connectivity index (χ0v) is 15.3. The van der Waals surface area contributed by atoms with Crippen LogP contribution in [-0.2, 0) is 6.42 Å². The lowest BCUT2D eigenvalue weighted by Gasteiger charge is -2.14. The third-order valence-corrected chi connectivity index (χ3v) is 4.83. The van der Waals surface area contributed by atoms with Crippen molar-refractivity contribution in [1.29, 1.82) is 0 Å². The van der Waals surface area contributed by atoms with E-state index in [4.69, 9.17) is 4.42 Å². The minimum atomic E-state index is -0.0356. The second kappa shape index (κ2) is 7.70. The minimum Gasteiger partial charge on any atom is -0.419 e. The summed E-state index contributed by atoms with van der Waals surface area (Å²) in [5.74, 6) is 0.988.